The molecule has 15 heavy (non-hydrogen) atoms. The molecule has 1 atom stereocenters. The maximum Gasteiger partial charge on any atom is 0.344 e. The molecule has 1 aromatic rings. The average molecular weight is 205 g/mol. The number of carbonyl (C=O) groups is 1. The summed E-state index contributed by atoms with van der Waals surface area (Å²) >= 11 is 0. The number of aliphatic carboxylic acids is 1. The number of nitrogens with zero attached hydrogens (tertiary/aromatic N) is 1. The van der Waals surface area contributed by atoms with E-state index in [0.717, 1.165) is 0 Å². The molecule has 0 aliphatic carbocycles. The standard InChI is InChI=1S/C11H11NO3/c1-2-9(11(13)14)15-10-6-4-3-5-8(10)7-12/h3-6,9H,2H2,1H3,(H,13,14). The quantitative estimate of drug-likeness (QED) is 0.813. The van der Waals surface area contributed by atoms with Gasteiger partial charge in [0.15, 0.2) is 6.10 Å². The van der Waals surface area contributed by atoms with E-state index in [1.54, 1.807) is 31.2 Å². The number of rotatable bonds is 4. The van der Waals surface area contributed by atoms with Gasteiger partial charge in [-0.3, -0.25) is 0 Å². The maximum atomic E-state index is 10.7. The zero-order chi connectivity index (χ0) is 11.3. The van der Waals surface area contributed by atoms with Gasteiger partial charge in [0.25, 0.3) is 0 Å². The number of carboxylic acid groups (broad SMARTS) is 1. The number of nitriles is 1. The van der Waals surface area contributed by atoms with Gasteiger partial charge < -0.3 is 9.84 Å². The Bertz CT molecular complexity index is 395. The highest BCUT2D eigenvalue weighted by Crippen LogP contribution is 2.18. The van der Waals surface area contributed by atoms with Crippen LogP contribution in [0.1, 0.15) is 18.9 Å². The largest absolute Gasteiger partial charge is 0.479 e. The monoisotopic (exact) mass is 205 g/mol. The Balaban J connectivity index is 2.89. The van der Waals surface area contributed by atoms with Crippen molar-refractivity contribution in [2.45, 2.75) is 19.4 Å². The van der Waals surface area contributed by atoms with E-state index < -0.39 is 12.1 Å². The number of hydrogen-bond donors (Lipinski definition) is 1. The van der Waals surface area contributed by atoms with Crippen LogP contribution in [0.5, 0.6) is 5.75 Å². The second-order valence-corrected chi connectivity index (χ2v) is 2.96. The van der Waals surface area contributed by atoms with Crippen LogP contribution in [0.3, 0.4) is 0 Å². The third kappa shape index (κ3) is 2.71. The first-order valence-electron chi connectivity index (χ1n) is 4.57. The molecule has 4 nitrogen and oxygen atoms in total. The minimum atomic E-state index is -1.02. The van der Waals surface area contributed by atoms with Crippen molar-refractivity contribution >= 4 is 5.97 Å². The highest BCUT2D eigenvalue weighted by molar-refractivity contribution is 5.72. The molecule has 0 spiro atoms. The molecule has 0 aromatic heterocycles. The fourth-order valence-corrected chi connectivity index (χ4v) is 1.12. The van der Waals surface area contributed by atoms with Crippen LogP contribution in [0.2, 0.25) is 0 Å². The summed E-state index contributed by atoms with van der Waals surface area (Å²) in [6.45, 7) is 1.72. The third-order valence-corrected chi connectivity index (χ3v) is 1.92. The molecular formula is C11H11NO3. The van der Waals surface area contributed by atoms with E-state index in [-0.39, 0.29) is 0 Å². The number of carboxylic acids is 1. The second kappa shape index (κ2) is 5.01. The Hall–Kier alpha value is -2.02. The van der Waals surface area contributed by atoms with Crippen molar-refractivity contribution in [3.63, 3.8) is 0 Å². The van der Waals surface area contributed by atoms with Gasteiger partial charge in [-0.2, -0.15) is 5.26 Å². The van der Waals surface area contributed by atoms with Gasteiger partial charge in [-0.25, -0.2) is 4.79 Å². The lowest BCUT2D eigenvalue weighted by Gasteiger charge is -2.13. The van der Waals surface area contributed by atoms with Crippen molar-refractivity contribution in [3.05, 3.63) is 29.8 Å². The molecule has 0 heterocycles. The lowest BCUT2D eigenvalue weighted by Crippen LogP contribution is -2.26. The van der Waals surface area contributed by atoms with Crippen LogP contribution in [0.4, 0.5) is 0 Å². The van der Waals surface area contributed by atoms with Crippen molar-refractivity contribution in [2.75, 3.05) is 0 Å². The summed E-state index contributed by atoms with van der Waals surface area (Å²) in [5.74, 6) is -0.709. The summed E-state index contributed by atoms with van der Waals surface area (Å²) < 4.78 is 5.23. The fourth-order valence-electron chi connectivity index (χ4n) is 1.12. The van der Waals surface area contributed by atoms with Gasteiger partial charge >= 0.3 is 5.97 Å². The highest BCUT2D eigenvalue weighted by Gasteiger charge is 2.17. The van der Waals surface area contributed by atoms with Crippen LogP contribution in [0.15, 0.2) is 24.3 Å². The fraction of sp³-hybridized carbons (Fsp3) is 0.273. The van der Waals surface area contributed by atoms with Gasteiger partial charge in [-0.1, -0.05) is 19.1 Å². The normalized spacial score (nSPS) is 11.5. The Kier molecular flexibility index (Phi) is 3.69. The average Bonchev–Trinajstić information content (AvgIpc) is 2.25. The first kappa shape index (κ1) is 11.1. The zero-order valence-electron chi connectivity index (χ0n) is 8.30. The first-order valence-corrected chi connectivity index (χ1v) is 4.57. The molecule has 78 valence electrons. The zero-order valence-corrected chi connectivity index (χ0v) is 8.30. The molecule has 4 heteroatoms. The predicted octanol–water partition coefficient (Wildman–Crippen LogP) is 1.80. The summed E-state index contributed by atoms with van der Waals surface area (Å²) in [5, 5.41) is 17.6. The molecule has 0 saturated heterocycles. The molecule has 0 radical (unpaired) electrons. The van der Waals surface area contributed by atoms with Gasteiger partial charge in [0.05, 0.1) is 5.56 Å². The minimum Gasteiger partial charge on any atom is -0.479 e. The summed E-state index contributed by atoms with van der Waals surface area (Å²) in [5.41, 5.74) is 0.345. The number of ether oxygens (including phenoxy) is 1. The van der Waals surface area contributed by atoms with E-state index in [2.05, 4.69) is 0 Å². The first-order chi connectivity index (χ1) is 7.19. The summed E-state index contributed by atoms with van der Waals surface area (Å²) in [6.07, 6.45) is -0.547. The second-order valence-electron chi connectivity index (χ2n) is 2.96. The van der Waals surface area contributed by atoms with E-state index >= 15 is 0 Å². The molecule has 0 saturated carbocycles. The number of para-hydroxylation sites is 1. The van der Waals surface area contributed by atoms with Gasteiger partial charge in [0.1, 0.15) is 11.8 Å². The van der Waals surface area contributed by atoms with Crippen LogP contribution < -0.4 is 4.74 Å². The lowest BCUT2D eigenvalue weighted by atomic mass is 10.2. The van der Waals surface area contributed by atoms with Gasteiger partial charge in [0.2, 0.25) is 0 Å². The summed E-state index contributed by atoms with van der Waals surface area (Å²) in [6, 6.07) is 8.52. The molecule has 0 aliphatic rings. The Morgan fingerprint density at radius 2 is 2.27 bits per heavy atom. The Labute approximate surface area is 87.7 Å². The van der Waals surface area contributed by atoms with Crippen LogP contribution >= 0.6 is 0 Å². The van der Waals surface area contributed by atoms with Crippen LogP contribution in [0, 0.1) is 11.3 Å². The molecule has 1 unspecified atom stereocenters. The molecule has 0 fully saturated rings. The number of hydrogen-bond acceptors (Lipinski definition) is 3. The number of benzene rings is 1. The van der Waals surface area contributed by atoms with Crippen LogP contribution in [-0.4, -0.2) is 17.2 Å². The van der Waals surface area contributed by atoms with E-state index in [1.165, 1.54) is 0 Å². The van der Waals surface area contributed by atoms with Gasteiger partial charge in [-0.05, 0) is 18.6 Å². The lowest BCUT2D eigenvalue weighted by molar-refractivity contribution is -0.145. The summed E-state index contributed by atoms with van der Waals surface area (Å²) in [7, 11) is 0. The van der Waals surface area contributed by atoms with Crippen molar-refractivity contribution < 1.29 is 14.6 Å². The SMILES string of the molecule is CCC(Oc1ccccc1C#N)C(=O)O. The minimum absolute atomic E-state index is 0.314. The van der Waals surface area contributed by atoms with E-state index in [1.807, 2.05) is 6.07 Å². The van der Waals surface area contributed by atoms with Crippen molar-refractivity contribution in [2.24, 2.45) is 0 Å². The molecule has 1 aromatic carbocycles. The Morgan fingerprint density at radius 1 is 1.60 bits per heavy atom. The Morgan fingerprint density at radius 3 is 2.80 bits per heavy atom. The highest BCUT2D eigenvalue weighted by atomic mass is 16.5. The van der Waals surface area contributed by atoms with Crippen LogP contribution in [0.25, 0.3) is 0 Å². The maximum absolute atomic E-state index is 10.7. The van der Waals surface area contributed by atoms with E-state index in [9.17, 15) is 4.79 Å². The smallest absolute Gasteiger partial charge is 0.344 e. The van der Waals surface area contributed by atoms with Crippen molar-refractivity contribution in [1.29, 1.82) is 5.26 Å². The summed E-state index contributed by atoms with van der Waals surface area (Å²) in [4.78, 5) is 10.7. The molecule has 0 amide bonds. The molecule has 1 rings (SSSR count). The van der Waals surface area contributed by atoms with Crippen LogP contribution in [-0.2, 0) is 4.79 Å². The van der Waals surface area contributed by atoms with Crippen molar-refractivity contribution in [3.8, 4) is 11.8 Å². The van der Waals surface area contributed by atoms with E-state index in [4.69, 9.17) is 15.1 Å². The van der Waals surface area contributed by atoms with Gasteiger partial charge in [-0.15, -0.1) is 0 Å². The molecule has 0 aliphatic heterocycles. The van der Waals surface area contributed by atoms with E-state index in [0.29, 0.717) is 17.7 Å². The molecule has 1 N–H and O–H groups in total. The van der Waals surface area contributed by atoms with Crippen molar-refractivity contribution in [1.82, 2.24) is 0 Å². The van der Waals surface area contributed by atoms with Gasteiger partial charge in [0, 0.05) is 0 Å². The predicted molar refractivity (Wildman–Crippen MR) is 53.5 cm³/mol. The topological polar surface area (TPSA) is 70.3 Å². The molecular weight excluding hydrogens is 194 g/mol. The molecule has 0 bridgehead atoms. The third-order valence-electron chi connectivity index (χ3n) is 1.92.